The van der Waals surface area contributed by atoms with Crippen LogP contribution in [0.3, 0.4) is 0 Å². The zero-order chi connectivity index (χ0) is 26.1. The molecule has 0 bridgehead atoms. The van der Waals surface area contributed by atoms with Crippen molar-refractivity contribution in [1.82, 2.24) is 10.2 Å². The molecule has 0 unspecified atom stereocenters. The molecule has 5 atom stereocenters. The number of fused-ring (bicyclic) bond motifs is 2. The van der Waals surface area contributed by atoms with Gasteiger partial charge >= 0.3 is 11.9 Å². The zero-order valence-electron chi connectivity index (χ0n) is 22.0. The number of carboxylic acid groups (broad SMARTS) is 1. The Balaban J connectivity index is 1.73. The van der Waals surface area contributed by atoms with Crippen molar-refractivity contribution in [3.63, 3.8) is 0 Å². The molecule has 3 aliphatic rings. The van der Waals surface area contributed by atoms with Gasteiger partial charge in [0, 0.05) is 26.0 Å². The third-order valence-corrected chi connectivity index (χ3v) is 8.14. The number of nitrogens with zero attached hydrogens (tertiary/aromatic N) is 1. The van der Waals surface area contributed by atoms with E-state index in [1.165, 1.54) is 4.90 Å². The maximum Gasteiger partial charge on any atom is 0.329 e. The summed E-state index contributed by atoms with van der Waals surface area (Å²) in [5.41, 5.74) is -1.24. The third kappa shape index (κ3) is 7.20. The molecule has 1 aliphatic carbocycles. The first-order valence-corrected chi connectivity index (χ1v) is 13.9. The molecule has 0 spiro atoms. The predicted octanol–water partition coefficient (Wildman–Crippen LogP) is 3.44. The molecule has 3 fully saturated rings. The number of carbonyl (C=O) groups excluding carboxylic acids is 3. The standard InChI is InChI=1S/C27H44N2O7/c1-3-4-5-11-14-36-23(30)15-19-12-9-7-6-8-10-13-20-17-27(20,26(33)34)28-24(31)22-16-21(35-2)18-29(22)25(19)32/h19-22H,3-18H2,1-2H3,(H,28,31)(H,33,34)/t19-,20-,21-,22+,27-/m1/s1. The van der Waals surface area contributed by atoms with Crippen LogP contribution in [0.2, 0.25) is 0 Å². The molecule has 0 aromatic rings. The van der Waals surface area contributed by atoms with Crippen LogP contribution in [0.5, 0.6) is 0 Å². The summed E-state index contributed by atoms with van der Waals surface area (Å²) in [5, 5.41) is 12.7. The minimum Gasteiger partial charge on any atom is -0.479 e. The highest BCUT2D eigenvalue weighted by Gasteiger charge is 2.62. The number of hydrogen-bond donors (Lipinski definition) is 2. The SMILES string of the molecule is CCCCCCOC(=O)C[C@H]1CCCCCCC[C@@H]2C[C@@]2(C(=O)O)NC(=O)[C@@H]2C[C@@H](OC)CN2C1=O. The Morgan fingerprint density at radius 3 is 2.50 bits per heavy atom. The maximum atomic E-state index is 13.7. The van der Waals surface area contributed by atoms with Crippen molar-refractivity contribution in [3.8, 4) is 0 Å². The van der Waals surface area contributed by atoms with Gasteiger partial charge < -0.3 is 24.8 Å². The van der Waals surface area contributed by atoms with E-state index in [0.717, 1.165) is 64.2 Å². The van der Waals surface area contributed by atoms with Crippen molar-refractivity contribution in [2.45, 2.75) is 114 Å². The number of carboxylic acids is 1. The van der Waals surface area contributed by atoms with Crippen molar-refractivity contribution < 1.29 is 33.8 Å². The van der Waals surface area contributed by atoms with E-state index >= 15 is 0 Å². The summed E-state index contributed by atoms with van der Waals surface area (Å²) in [4.78, 5) is 53.2. The third-order valence-electron chi connectivity index (χ3n) is 8.14. The largest absolute Gasteiger partial charge is 0.479 e. The van der Waals surface area contributed by atoms with Crippen molar-refractivity contribution in [1.29, 1.82) is 0 Å². The average Bonchev–Trinajstić information content (AvgIpc) is 3.37. The van der Waals surface area contributed by atoms with Crippen LogP contribution in [0.15, 0.2) is 0 Å². The lowest BCUT2D eigenvalue weighted by atomic mass is 9.95. The highest BCUT2D eigenvalue weighted by atomic mass is 16.5. The van der Waals surface area contributed by atoms with E-state index in [2.05, 4.69) is 12.2 Å². The zero-order valence-corrected chi connectivity index (χ0v) is 22.0. The van der Waals surface area contributed by atoms with Gasteiger partial charge in [0.2, 0.25) is 11.8 Å². The van der Waals surface area contributed by atoms with Gasteiger partial charge in [-0.05, 0) is 31.6 Å². The molecule has 2 aliphatic heterocycles. The van der Waals surface area contributed by atoms with Crippen LogP contribution < -0.4 is 5.32 Å². The summed E-state index contributed by atoms with van der Waals surface area (Å²) in [5.74, 6) is -2.72. The molecule has 9 nitrogen and oxygen atoms in total. The van der Waals surface area contributed by atoms with E-state index in [-0.39, 0.29) is 36.9 Å². The molecule has 36 heavy (non-hydrogen) atoms. The highest BCUT2D eigenvalue weighted by molar-refractivity contribution is 5.95. The van der Waals surface area contributed by atoms with Crippen LogP contribution in [0.25, 0.3) is 0 Å². The van der Waals surface area contributed by atoms with Crippen LogP contribution in [-0.2, 0) is 28.7 Å². The number of carbonyl (C=O) groups is 4. The Hall–Kier alpha value is -2.16. The van der Waals surface area contributed by atoms with E-state index in [1.54, 1.807) is 7.11 Å². The second kappa shape index (κ2) is 13.4. The summed E-state index contributed by atoms with van der Waals surface area (Å²) in [7, 11) is 1.54. The second-order valence-electron chi connectivity index (χ2n) is 10.8. The van der Waals surface area contributed by atoms with E-state index in [0.29, 0.717) is 25.9 Å². The number of hydrogen-bond acceptors (Lipinski definition) is 6. The Bertz CT molecular complexity index is 788. The Morgan fingerprint density at radius 1 is 1.08 bits per heavy atom. The van der Waals surface area contributed by atoms with Crippen LogP contribution in [0.4, 0.5) is 0 Å². The predicted molar refractivity (Wildman–Crippen MR) is 133 cm³/mol. The first-order chi connectivity index (χ1) is 17.3. The van der Waals surface area contributed by atoms with Crippen LogP contribution in [0, 0.1) is 11.8 Å². The number of methoxy groups -OCH3 is 1. The lowest BCUT2D eigenvalue weighted by Crippen LogP contribution is -2.54. The number of rotatable bonds is 9. The van der Waals surface area contributed by atoms with Gasteiger partial charge in [-0.25, -0.2) is 4.79 Å². The summed E-state index contributed by atoms with van der Waals surface area (Å²) in [6, 6.07) is -0.808. The number of amides is 2. The molecular formula is C27H44N2O7. The number of unbranched alkanes of at least 4 members (excludes halogenated alkanes) is 3. The smallest absolute Gasteiger partial charge is 0.329 e. The molecule has 0 aromatic heterocycles. The molecule has 2 amide bonds. The van der Waals surface area contributed by atoms with E-state index < -0.39 is 29.4 Å². The molecule has 1 saturated carbocycles. The Morgan fingerprint density at radius 2 is 1.81 bits per heavy atom. The summed E-state index contributed by atoms with van der Waals surface area (Å²) < 4.78 is 10.9. The number of ether oxygens (including phenoxy) is 2. The molecule has 0 radical (unpaired) electrons. The molecule has 3 rings (SSSR count). The van der Waals surface area contributed by atoms with Gasteiger partial charge in [0.05, 0.1) is 19.1 Å². The van der Waals surface area contributed by atoms with Gasteiger partial charge in [-0.3, -0.25) is 14.4 Å². The normalized spacial score (nSPS) is 31.4. The maximum absolute atomic E-state index is 13.7. The minimum absolute atomic E-state index is 0.00373. The fraction of sp³-hybridized carbons (Fsp3) is 0.852. The molecule has 2 N–H and O–H groups in total. The first-order valence-electron chi connectivity index (χ1n) is 13.9. The fourth-order valence-electron chi connectivity index (χ4n) is 5.74. The van der Waals surface area contributed by atoms with E-state index in [4.69, 9.17) is 9.47 Å². The quantitative estimate of drug-likeness (QED) is 0.361. The van der Waals surface area contributed by atoms with Crippen LogP contribution in [0.1, 0.15) is 96.8 Å². The summed E-state index contributed by atoms with van der Waals surface area (Å²) >= 11 is 0. The number of esters is 1. The van der Waals surface area contributed by atoms with Crippen LogP contribution in [-0.4, -0.2) is 71.7 Å². The van der Waals surface area contributed by atoms with Crippen molar-refractivity contribution in [2.75, 3.05) is 20.3 Å². The van der Waals surface area contributed by atoms with Crippen molar-refractivity contribution in [2.24, 2.45) is 11.8 Å². The van der Waals surface area contributed by atoms with Gasteiger partial charge in [-0.1, -0.05) is 58.3 Å². The lowest BCUT2D eigenvalue weighted by molar-refractivity contribution is -0.151. The highest BCUT2D eigenvalue weighted by Crippen LogP contribution is 2.47. The molecule has 204 valence electrons. The molecule has 0 aromatic carbocycles. The van der Waals surface area contributed by atoms with Gasteiger partial charge in [0.15, 0.2) is 0 Å². The molecule has 2 heterocycles. The van der Waals surface area contributed by atoms with Gasteiger partial charge in [0.1, 0.15) is 11.6 Å². The summed E-state index contributed by atoms with van der Waals surface area (Å²) in [6.07, 6.45) is 10.5. The lowest BCUT2D eigenvalue weighted by Gasteiger charge is -2.29. The number of aliphatic carboxylic acids is 1. The first kappa shape index (κ1) is 28.4. The molecule has 2 saturated heterocycles. The van der Waals surface area contributed by atoms with E-state index in [9.17, 15) is 24.3 Å². The monoisotopic (exact) mass is 508 g/mol. The van der Waals surface area contributed by atoms with E-state index in [1.807, 2.05) is 0 Å². The van der Waals surface area contributed by atoms with Gasteiger partial charge in [-0.2, -0.15) is 0 Å². The van der Waals surface area contributed by atoms with Crippen LogP contribution >= 0.6 is 0 Å². The Labute approximate surface area is 214 Å². The Kier molecular flexibility index (Phi) is 10.6. The molecular weight excluding hydrogens is 464 g/mol. The summed E-state index contributed by atoms with van der Waals surface area (Å²) in [6.45, 7) is 2.73. The minimum atomic E-state index is -1.24. The topological polar surface area (TPSA) is 122 Å². The second-order valence-corrected chi connectivity index (χ2v) is 10.8. The van der Waals surface area contributed by atoms with Crippen molar-refractivity contribution in [3.05, 3.63) is 0 Å². The molecule has 9 heteroatoms. The van der Waals surface area contributed by atoms with Gasteiger partial charge in [-0.15, -0.1) is 0 Å². The average molecular weight is 509 g/mol. The fourth-order valence-corrected chi connectivity index (χ4v) is 5.74. The van der Waals surface area contributed by atoms with Gasteiger partial charge in [0.25, 0.3) is 0 Å². The van der Waals surface area contributed by atoms with Crippen molar-refractivity contribution >= 4 is 23.8 Å². The number of nitrogens with one attached hydrogen (secondary N) is 1.